The van der Waals surface area contributed by atoms with Crippen molar-refractivity contribution in [3.05, 3.63) is 59.2 Å². The number of hydrogen-bond acceptors (Lipinski definition) is 6. The van der Waals surface area contributed by atoms with Crippen molar-refractivity contribution in [3.63, 3.8) is 0 Å². The van der Waals surface area contributed by atoms with Gasteiger partial charge >= 0.3 is 6.18 Å². The Hall–Kier alpha value is -3.12. The molecular weight excluding hydrogens is 463 g/mol. The molecule has 1 unspecified atom stereocenters. The van der Waals surface area contributed by atoms with Gasteiger partial charge in [-0.3, -0.25) is 14.8 Å². The van der Waals surface area contributed by atoms with E-state index in [1.54, 1.807) is 11.8 Å². The van der Waals surface area contributed by atoms with E-state index in [1.807, 2.05) is 0 Å². The second-order valence-corrected chi connectivity index (χ2v) is 9.70. The SMILES string of the molecule is CCN1CC(CC(=O)NO)S(=O)(=O)c2ccc(C(=O)NCc3ccc(C(F)(F)F)cc3)cc21. The summed E-state index contributed by atoms with van der Waals surface area (Å²) < 4.78 is 63.9. The molecule has 8 nitrogen and oxygen atoms in total. The van der Waals surface area contributed by atoms with Gasteiger partial charge in [-0.05, 0) is 42.8 Å². The van der Waals surface area contributed by atoms with Crippen LogP contribution in [0, 0.1) is 0 Å². The van der Waals surface area contributed by atoms with Crippen LogP contribution in [0.4, 0.5) is 18.9 Å². The number of amides is 2. The van der Waals surface area contributed by atoms with Crippen LogP contribution in [-0.4, -0.2) is 43.8 Å². The number of fused-ring (bicyclic) bond motifs is 1. The first-order valence-corrected chi connectivity index (χ1v) is 11.5. The Kier molecular flexibility index (Phi) is 6.98. The van der Waals surface area contributed by atoms with Crippen molar-refractivity contribution < 1.29 is 36.4 Å². The van der Waals surface area contributed by atoms with Gasteiger partial charge in [0.15, 0.2) is 9.84 Å². The van der Waals surface area contributed by atoms with E-state index in [0.717, 1.165) is 12.1 Å². The molecule has 0 aromatic heterocycles. The Morgan fingerprint density at radius 3 is 2.39 bits per heavy atom. The van der Waals surface area contributed by atoms with Gasteiger partial charge < -0.3 is 10.2 Å². The second kappa shape index (κ2) is 9.40. The number of hydroxylamine groups is 1. The number of hydrogen-bond donors (Lipinski definition) is 3. The number of sulfone groups is 1. The Labute approximate surface area is 188 Å². The Morgan fingerprint density at radius 2 is 1.82 bits per heavy atom. The van der Waals surface area contributed by atoms with E-state index in [0.29, 0.717) is 17.8 Å². The second-order valence-electron chi connectivity index (χ2n) is 7.50. The van der Waals surface area contributed by atoms with Gasteiger partial charge in [-0.25, -0.2) is 13.9 Å². The average Bonchev–Trinajstić information content (AvgIpc) is 2.78. The highest BCUT2D eigenvalue weighted by Crippen LogP contribution is 2.35. The number of carbonyl (C=O) groups excluding carboxylic acids is 2. The molecule has 2 aromatic carbocycles. The fourth-order valence-electron chi connectivity index (χ4n) is 3.59. The van der Waals surface area contributed by atoms with Crippen molar-refractivity contribution in [1.82, 2.24) is 10.8 Å². The highest BCUT2D eigenvalue weighted by atomic mass is 32.2. The number of nitrogens with zero attached hydrogens (tertiary/aromatic N) is 1. The summed E-state index contributed by atoms with van der Waals surface area (Å²) in [6.07, 6.45) is -4.86. The van der Waals surface area contributed by atoms with E-state index in [4.69, 9.17) is 5.21 Å². The summed E-state index contributed by atoms with van der Waals surface area (Å²) in [4.78, 5) is 25.8. The van der Waals surface area contributed by atoms with Crippen LogP contribution in [0.5, 0.6) is 0 Å². The first-order valence-electron chi connectivity index (χ1n) is 9.97. The Bertz CT molecular complexity index is 1150. The maximum atomic E-state index is 12.9. The van der Waals surface area contributed by atoms with E-state index in [2.05, 4.69) is 5.32 Å². The van der Waals surface area contributed by atoms with Gasteiger partial charge in [0.05, 0.1) is 21.4 Å². The molecule has 1 aliphatic rings. The van der Waals surface area contributed by atoms with Gasteiger partial charge in [-0.1, -0.05) is 12.1 Å². The molecule has 178 valence electrons. The Balaban J connectivity index is 1.78. The van der Waals surface area contributed by atoms with Crippen LogP contribution in [-0.2, 0) is 27.4 Å². The van der Waals surface area contributed by atoms with E-state index < -0.39 is 45.1 Å². The third kappa shape index (κ3) is 5.28. The topological polar surface area (TPSA) is 116 Å². The maximum absolute atomic E-state index is 12.9. The van der Waals surface area contributed by atoms with E-state index in [9.17, 15) is 31.2 Å². The van der Waals surface area contributed by atoms with Crippen LogP contribution in [0.3, 0.4) is 0 Å². The summed E-state index contributed by atoms with van der Waals surface area (Å²) in [5, 5.41) is 10.3. The van der Waals surface area contributed by atoms with Gasteiger partial charge in [0.25, 0.3) is 5.91 Å². The number of alkyl halides is 3. The molecule has 0 saturated heterocycles. The van der Waals surface area contributed by atoms with Crippen molar-refractivity contribution >= 4 is 27.3 Å². The molecule has 0 saturated carbocycles. The molecular formula is C21H22F3N3O5S. The monoisotopic (exact) mass is 485 g/mol. The molecule has 2 aromatic rings. The van der Waals surface area contributed by atoms with Crippen LogP contribution in [0.25, 0.3) is 0 Å². The lowest BCUT2D eigenvalue weighted by atomic mass is 10.1. The van der Waals surface area contributed by atoms with Gasteiger partial charge in [-0.2, -0.15) is 13.2 Å². The summed E-state index contributed by atoms with van der Waals surface area (Å²) >= 11 is 0. The molecule has 3 N–H and O–H groups in total. The van der Waals surface area contributed by atoms with Crippen molar-refractivity contribution in [2.75, 3.05) is 18.0 Å². The van der Waals surface area contributed by atoms with Gasteiger partial charge in [0.1, 0.15) is 0 Å². The molecule has 0 aliphatic carbocycles. The highest BCUT2D eigenvalue weighted by Gasteiger charge is 2.38. The van der Waals surface area contributed by atoms with Crippen molar-refractivity contribution in [2.45, 2.75) is 36.2 Å². The zero-order chi connectivity index (χ0) is 24.4. The highest BCUT2D eigenvalue weighted by molar-refractivity contribution is 7.92. The maximum Gasteiger partial charge on any atom is 0.416 e. The molecule has 0 spiro atoms. The summed E-state index contributed by atoms with van der Waals surface area (Å²) in [5.41, 5.74) is 1.62. The first-order chi connectivity index (χ1) is 15.5. The molecule has 1 aliphatic heterocycles. The molecule has 33 heavy (non-hydrogen) atoms. The van der Waals surface area contributed by atoms with E-state index in [1.165, 1.54) is 35.8 Å². The predicted molar refractivity (Wildman–Crippen MR) is 112 cm³/mol. The molecule has 0 fully saturated rings. The Morgan fingerprint density at radius 1 is 1.15 bits per heavy atom. The summed E-state index contributed by atoms with van der Waals surface area (Å²) in [6.45, 7) is 2.21. The fraction of sp³-hybridized carbons (Fsp3) is 0.333. The van der Waals surface area contributed by atoms with Crippen molar-refractivity contribution in [1.29, 1.82) is 0 Å². The smallest absolute Gasteiger partial charge is 0.369 e. The van der Waals surface area contributed by atoms with Crippen molar-refractivity contribution in [2.24, 2.45) is 0 Å². The normalized spacial score (nSPS) is 17.2. The van der Waals surface area contributed by atoms with Crippen molar-refractivity contribution in [3.8, 4) is 0 Å². The molecule has 12 heteroatoms. The quantitative estimate of drug-likeness (QED) is 0.428. The van der Waals surface area contributed by atoms with Gasteiger partial charge in [0, 0.05) is 31.6 Å². The lowest BCUT2D eigenvalue weighted by Crippen LogP contribution is -2.44. The minimum Gasteiger partial charge on any atom is -0.369 e. The third-order valence-corrected chi connectivity index (χ3v) is 7.54. The van der Waals surface area contributed by atoms with Crippen LogP contribution in [0.2, 0.25) is 0 Å². The molecule has 0 bridgehead atoms. The number of rotatable bonds is 6. The zero-order valence-corrected chi connectivity index (χ0v) is 18.3. The van der Waals surface area contributed by atoms with Crippen LogP contribution in [0.1, 0.15) is 34.8 Å². The lowest BCUT2D eigenvalue weighted by molar-refractivity contribution is -0.137. The lowest BCUT2D eigenvalue weighted by Gasteiger charge is -2.35. The third-order valence-electron chi connectivity index (χ3n) is 5.39. The number of halogens is 3. The number of anilines is 1. The molecule has 2 amide bonds. The van der Waals surface area contributed by atoms with Gasteiger partial charge in [-0.15, -0.1) is 0 Å². The van der Waals surface area contributed by atoms with E-state index in [-0.39, 0.29) is 23.5 Å². The summed E-state index contributed by atoms with van der Waals surface area (Å²) in [5.74, 6) is -1.34. The molecule has 3 rings (SSSR count). The fourth-order valence-corrected chi connectivity index (χ4v) is 5.43. The minimum atomic E-state index is -4.45. The number of nitrogens with one attached hydrogen (secondary N) is 2. The molecule has 1 atom stereocenters. The van der Waals surface area contributed by atoms with Crippen LogP contribution in [0.15, 0.2) is 47.4 Å². The standard InChI is InChI=1S/C21H22F3N3O5S/c1-2-27-12-16(10-19(28)26-30)33(31,32)18-8-5-14(9-17(18)27)20(29)25-11-13-3-6-15(7-4-13)21(22,23)24/h3-9,16,30H,2,10-12H2,1H3,(H,25,29)(H,26,28). The van der Waals surface area contributed by atoms with Gasteiger partial charge in [0.2, 0.25) is 5.91 Å². The summed E-state index contributed by atoms with van der Waals surface area (Å²) in [7, 11) is -3.88. The van der Waals surface area contributed by atoms with E-state index >= 15 is 0 Å². The number of carbonyl (C=O) groups is 2. The summed E-state index contributed by atoms with van der Waals surface area (Å²) in [6, 6.07) is 8.45. The zero-order valence-electron chi connectivity index (χ0n) is 17.5. The van der Waals surface area contributed by atoms with Crippen LogP contribution < -0.4 is 15.7 Å². The first kappa shape index (κ1) is 24.5. The number of benzene rings is 2. The largest absolute Gasteiger partial charge is 0.416 e. The predicted octanol–water partition coefficient (Wildman–Crippen LogP) is 2.51. The average molecular weight is 485 g/mol. The molecule has 0 radical (unpaired) electrons. The molecule has 1 heterocycles. The minimum absolute atomic E-state index is 0.00980. The van der Waals surface area contributed by atoms with Crippen LogP contribution >= 0.6 is 0 Å².